The molecule has 7 N–H and O–H groups in total. The molecule has 0 aromatic rings. The highest BCUT2D eigenvalue weighted by molar-refractivity contribution is 5.66. The van der Waals surface area contributed by atoms with Gasteiger partial charge in [0.2, 0.25) is 0 Å². The van der Waals surface area contributed by atoms with Gasteiger partial charge in [0, 0.05) is 6.42 Å². The minimum Gasteiger partial charge on any atom is -0.481 e. The smallest absolute Gasteiger partial charge is 0.303 e. The molecule has 80 valence electrons. The lowest BCUT2D eigenvalue weighted by Crippen LogP contribution is -2.03. The van der Waals surface area contributed by atoms with E-state index in [1.54, 1.807) is 0 Å². The number of carboxylic acid groups (broad SMARTS) is 1. The first-order valence-electron chi connectivity index (χ1n) is 4.51. The van der Waals surface area contributed by atoms with Gasteiger partial charge < -0.3 is 22.3 Å². The van der Waals surface area contributed by atoms with E-state index in [2.05, 4.69) is 0 Å². The first kappa shape index (κ1) is 14.9. The molecular weight excluding hydrogens is 170 g/mol. The van der Waals surface area contributed by atoms with Crippen molar-refractivity contribution < 1.29 is 9.90 Å². The minimum atomic E-state index is -0.773. The molecule has 0 aromatic heterocycles. The summed E-state index contributed by atoms with van der Waals surface area (Å²) in [5.74, 6) is -0.773. The van der Waals surface area contributed by atoms with Crippen molar-refractivity contribution in [3.63, 3.8) is 0 Å². The zero-order valence-electron chi connectivity index (χ0n) is 8.04. The third-order valence-corrected chi connectivity index (χ3v) is 1.25. The highest BCUT2D eigenvalue weighted by Crippen LogP contribution is 1.82. The van der Waals surface area contributed by atoms with Crippen molar-refractivity contribution in [1.82, 2.24) is 0 Å². The van der Waals surface area contributed by atoms with Crippen molar-refractivity contribution in [2.45, 2.75) is 25.7 Å². The van der Waals surface area contributed by atoms with Crippen molar-refractivity contribution in [3.05, 3.63) is 0 Å². The summed E-state index contributed by atoms with van der Waals surface area (Å²) < 4.78 is 0. The minimum absolute atomic E-state index is 0.191. The van der Waals surface area contributed by atoms with Gasteiger partial charge in [0.15, 0.2) is 0 Å². The van der Waals surface area contributed by atoms with E-state index in [0.717, 1.165) is 25.9 Å². The van der Waals surface area contributed by atoms with Crippen LogP contribution in [0.15, 0.2) is 0 Å². The predicted octanol–water partition coefficient (Wildman–Crippen LogP) is -0.506. The summed E-state index contributed by atoms with van der Waals surface area (Å²) in [6, 6.07) is 0. The van der Waals surface area contributed by atoms with Crippen LogP contribution in [-0.4, -0.2) is 30.7 Å². The van der Waals surface area contributed by atoms with Gasteiger partial charge in [0.1, 0.15) is 0 Å². The highest BCUT2D eigenvalue weighted by atomic mass is 16.4. The normalized spacial score (nSPS) is 8.85. The molecule has 0 bridgehead atoms. The first-order chi connectivity index (χ1) is 6.18. The van der Waals surface area contributed by atoms with Gasteiger partial charge in [0.05, 0.1) is 0 Å². The van der Waals surface area contributed by atoms with E-state index in [-0.39, 0.29) is 6.42 Å². The summed E-state index contributed by atoms with van der Waals surface area (Å²) in [6.07, 6.45) is 2.90. The number of carbonyl (C=O) groups is 1. The monoisotopic (exact) mass is 191 g/mol. The van der Waals surface area contributed by atoms with Crippen molar-refractivity contribution >= 4 is 5.97 Å². The van der Waals surface area contributed by atoms with Gasteiger partial charge in [-0.1, -0.05) is 0 Å². The fourth-order valence-electron chi connectivity index (χ4n) is 0.542. The van der Waals surface area contributed by atoms with Crippen LogP contribution in [0.5, 0.6) is 0 Å². The van der Waals surface area contributed by atoms with Crippen molar-refractivity contribution in [2.75, 3.05) is 19.6 Å². The summed E-state index contributed by atoms with van der Waals surface area (Å²) in [6.45, 7) is 2.01. The molecule has 0 unspecified atom stereocenters. The third kappa shape index (κ3) is 24.6. The maximum atomic E-state index is 9.70. The molecule has 13 heavy (non-hydrogen) atoms. The maximum Gasteiger partial charge on any atom is 0.303 e. The summed E-state index contributed by atoms with van der Waals surface area (Å²) in [7, 11) is 0. The SMILES string of the molecule is NCCCC(=O)O.NCCCCN. The number of aliphatic carboxylic acids is 1. The largest absolute Gasteiger partial charge is 0.481 e. The van der Waals surface area contributed by atoms with Gasteiger partial charge in [-0.2, -0.15) is 0 Å². The van der Waals surface area contributed by atoms with E-state index in [9.17, 15) is 4.79 Å². The molecule has 5 nitrogen and oxygen atoms in total. The molecule has 5 heteroatoms. The van der Waals surface area contributed by atoms with Crippen LogP contribution in [0.3, 0.4) is 0 Å². The third-order valence-electron chi connectivity index (χ3n) is 1.25. The number of carboxylic acids is 1. The van der Waals surface area contributed by atoms with Crippen LogP contribution in [0.25, 0.3) is 0 Å². The van der Waals surface area contributed by atoms with Crippen LogP contribution in [0, 0.1) is 0 Å². The fourth-order valence-corrected chi connectivity index (χ4v) is 0.542. The fraction of sp³-hybridized carbons (Fsp3) is 0.875. The molecule has 0 rings (SSSR count). The zero-order chi connectivity index (χ0) is 10.5. The Morgan fingerprint density at radius 2 is 1.31 bits per heavy atom. The lowest BCUT2D eigenvalue weighted by Gasteiger charge is -1.87. The molecule has 0 amide bonds. The Balaban J connectivity index is 0. The molecule has 0 fully saturated rings. The van der Waals surface area contributed by atoms with E-state index < -0.39 is 5.97 Å². The Labute approximate surface area is 79.3 Å². The predicted molar refractivity (Wildman–Crippen MR) is 53.3 cm³/mol. The molecule has 0 saturated carbocycles. The molecule has 0 aliphatic rings. The topological polar surface area (TPSA) is 115 Å². The van der Waals surface area contributed by atoms with Gasteiger partial charge >= 0.3 is 5.97 Å². The molecule has 0 aliphatic carbocycles. The maximum absolute atomic E-state index is 9.70. The van der Waals surface area contributed by atoms with Gasteiger partial charge in [0.25, 0.3) is 0 Å². The number of nitrogens with two attached hydrogens (primary N) is 3. The molecule has 0 atom stereocenters. The number of hydrogen-bond acceptors (Lipinski definition) is 4. The quantitative estimate of drug-likeness (QED) is 0.422. The van der Waals surface area contributed by atoms with Crippen LogP contribution in [0.2, 0.25) is 0 Å². The van der Waals surface area contributed by atoms with E-state index in [1.165, 1.54) is 0 Å². The zero-order valence-corrected chi connectivity index (χ0v) is 8.04. The highest BCUT2D eigenvalue weighted by Gasteiger charge is 1.91. The average Bonchev–Trinajstić information content (AvgIpc) is 2.12. The van der Waals surface area contributed by atoms with E-state index in [0.29, 0.717) is 13.0 Å². The summed E-state index contributed by atoms with van der Waals surface area (Å²) in [5, 5.41) is 7.99. The van der Waals surface area contributed by atoms with Crippen molar-refractivity contribution in [2.24, 2.45) is 17.2 Å². The van der Waals surface area contributed by atoms with E-state index in [1.807, 2.05) is 0 Å². The molecule has 0 saturated heterocycles. The summed E-state index contributed by atoms with van der Waals surface area (Å²) >= 11 is 0. The van der Waals surface area contributed by atoms with E-state index >= 15 is 0 Å². The second-order valence-electron chi connectivity index (χ2n) is 2.57. The molecule has 0 spiro atoms. The van der Waals surface area contributed by atoms with Crippen molar-refractivity contribution in [1.29, 1.82) is 0 Å². The number of rotatable bonds is 6. The lowest BCUT2D eigenvalue weighted by molar-refractivity contribution is -0.137. The molecule has 0 heterocycles. The second kappa shape index (κ2) is 13.9. The molecule has 0 radical (unpaired) electrons. The van der Waals surface area contributed by atoms with Gasteiger partial charge in [-0.25, -0.2) is 0 Å². The molecular formula is C8H21N3O2. The number of hydrogen-bond donors (Lipinski definition) is 4. The van der Waals surface area contributed by atoms with Gasteiger partial charge in [-0.3, -0.25) is 4.79 Å². The van der Waals surface area contributed by atoms with Gasteiger partial charge in [-0.05, 0) is 38.9 Å². The standard InChI is InChI=1S/C4H12N2.C4H9NO2/c5-3-1-2-4-6;5-3-1-2-4(6)7/h1-6H2;1-3,5H2,(H,6,7). The van der Waals surface area contributed by atoms with Crippen molar-refractivity contribution in [3.8, 4) is 0 Å². The number of unbranched alkanes of at least 4 members (excludes halogenated alkanes) is 1. The Kier molecular flexibility index (Phi) is 15.9. The Hall–Kier alpha value is -0.650. The molecule has 0 aliphatic heterocycles. The van der Waals surface area contributed by atoms with E-state index in [4.69, 9.17) is 22.3 Å². The summed E-state index contributed by atoms with van der Waals surface area (Å²) in [5.41, 5.74) is 15.3. The van der Waals surface area contributed by atoms with Crippen LogP contribution >= 0.6 is 0 Å². The van der Waals surface area contributed by atoms with Crippen LogP contribution in [0.1, 0.15) is 25.7 Å². The Morgan fingerprint density at radius 3 is 1.46 bits per heavy atom. The average molecular weight is 191 g/mol. The Morgan fingerprint density at radius 1 is 0.923 bits per heavy atom. The Bertz CT molecular complexity index is 106. The lowest BCUT2D eigenvalue weighted by atomic mass is 10.3. The first-order valence-corrected chi connectivity index (χ1v) is 4.51. The van der Waals surface area contributed by atoms with Gasteiger partial charge in [-0.15, -0.1) is 0 Å². The second-order valence-corrected chi connectivity index (χ2v) is 2.57. The molecule has 0 aromatic carbocycles. The van der Waals surface area contributed by atoms with Crippen LogP contribution in [0.4, 0.5) is 0 Å². The van der Waals surface area contributed by atoms with Crippen LogP contribution in [-0.2, 0) is 4.79 Å². The van der Waals surface area contributed by atoms with Crippen LogP contribution < -0.4 is 17.2 Å². The summed E-state index contributed by atoms with van der Waals surface area (Å²) in [4.78, 5) is 9.70.